The zero-order valence-electron chi connectivity index (χ0n) is 5.23. The predicted molar refractivity (Wildman–Crippen MR) is 39.2 cm³/mol. The van der Waals surface area contributed by atoms with Gasteiger partial charge in [0, 0.05) is 7.05 Å². The zero-order valence-corrected chi connectivity index (χ0v) is 8.97. The summed E-state index contributed by atoms with van der Waals surface area (Å²) in [5.74, 6) is 0. The van der Waals surface area contributed by atoms with E-state index in [0.29, 0.717) is 4.34 Å². The van der Waals surface area contributed by atoms with Crippen LogP contribution >= 0.6 is 23.1 Å². The molecule has 0 spiro atoms. The maximum Gasteiger partial charge on any atom is 2.00 e. The number of rotatable bonds is 0. The van der Waals surface area contributed by atoms with E-state index in [4.69, 9.17) is 11.6 Å². The molecule has 0 fully saturated rings. The fraction of sp³-hybridized carbons (Fsp3) is 0.250. The van der Waals surface area contributed by atoms with E-state index in [2.05, 4.69) is 6.07 Å². The van der Waals surface area contributed by atoms with Crippen LogP contribution in [-0.2, 0) is 7.05 Å². The summed E-state index contributed by atoms with van der Waals surface area (Å²) in [6, 6.07) is 2.40. The molecule has 1 aromatic heterocycles. The minimum atomic E-state index is -0.167. The number of nitrogens with zero attached hydrogens (tertiary/aromatic N) is 1. The molecule has 0 amide bonds. The third-order valence-electron chi connectivity index (χ3n) is 0.708. The molecule has 0 aromatic carbocycles. The average molecular weight is 208 g/mol. The average Bonchev–Trinajstić information content (AvgIpc) is 1.85. The van der Waals surface area contributed by atoms with Gasteiger partial charge in [0.1, 0.15) is 0 Å². The summed E-state index contributed by atoms with van der Waals surface area (Å²) < 4.78 is 1.83. The zero-order chi connectivity index (χ0) is 6.15. The van der Waals surface area contributed by atoms with Crippen molar-refractivity contribution in [2.45, 2.75) is 0 Å². The SMILES string of the molecule is Cn1sc(Cl)[c-]c1=O.[Cl-].[Mg+2]. The fourth-order valence-corrected chi connectivity index (χ4v) is 1.24. The summed E-state index contributed by atoms with van der Waals surface area (Å²) in [7, 11) is 1.65. The van der Waals surface area contributed by atoms with E-state index in [9.17, 15) is 4.79 Å². The van der Waals surface area contributed by atoms with Gasteiger partial charge in [0.2, 0.25) is 0 Å². The van der Waals surface area contributed by atoms with Gasteiger partial charge < -0.3 is 23.3 Å². The Kier molecular flexibility index (Phi) is 7.26. The molecule has 0 N–H and O–H groups in total. The van der Waals surface area contributed by atoms with Crippen molar-refractivity contribution in [1.82, 2.24) is 3.96 Å². The number of hydrogen-bond acceptors (Lipinski definition) is 2. The van der Waals surface area contributed by atoms with Crippen molar-refractivity contribution in [2.24, 2.45) is 7.05 Å². The van der Waals surface area contributed by atoms with Crippen LogP contribution in [0.5, 0.6) is 0 Å². The number of aryl methyl sites for hydroxylation is 1. The number of halogens is 2. The first-order chi connectivity index (χ1) is 3.70. The summed E-state index contributed by atoms with van der Waals surface area (Å²) >= 11 is 6.59. The van der Waals surface area contributed by atoms with Gasteiger partial charge in [0.15, 0.2) is 0 Å². The van der Waals surface area contributed by atoms with Crippen LogP contribution in [0.1, 0.15) is 0 Å². The topological polar surface area (TPSA) is 22.0 Å². The molecule has 0 aliphatic carbocycles. The molecule has 0 saturated heterocycles. The first kappa shape index (κ1) is 13.4. The first-order valence-electron chi connectivity index (χ1n) is 1.95. The van der Waals surface area contributed by atoms with Crippen LogP contribution in [0.25, 0.3) is 0 Å². The van der Waals surface area contributed by atoms with Gasteiger partial charge >= 0.3 is 23.1 Å². The van der Waals surface area contributed by atoms with Gasteiger partial charge in [-0.15, -0.1) is 11.6 Å². The minimum absolute atomic E-state index is 0. The van der Waals surface area contributed by atoms with Gasteiger partial charge in [0.25, 0.3) is 0 Å². The molecule has 1 heterocycles. The monoisotopic (exact) mass is 207 g/mol. The molecule has 0 aliphatic heterocycles. The van der Waals surface area contributed by atoms with Crippen molar-refractivity contribution in [2.75, 3.05) is 0 Å². The molecule has 0 aliphatic rings. The Balaban J connectivity index is 0. The Morgan fingerprint density at radius 1 is 1.70 bits per heavy atom. The molecular weight excluding hydrogens is 205 g/mol. The van der Waals surface area contributed by atoms with Crippen LogP contribution in [0.15, 0.2) is 4.79 Å². The largest absolute Gasteiger partial charge is 2.00 e. The van der Waals surface area contributed by atoms with Gasteiger partial charge in [-0.1, -0.05) is 15.9 Å². The van der Waals surface area contributed by atoms with Gasteiger partial charge in [-0.05, 0) is 0 Å². The maximum atomic E-state index is 10.5. The van der Waals surface area contributed by atoms with Crippen molar-refractivity contribution in [3.8, 4) is 0 Å². The second kappa shape index (κ2) is 5.43. The van der Waals surface area contributed by atoms with E-state index in [0.717, 1.165) is 0 Å². The Hall–Kier alpha value is 0.776. The van der Waals surface area contributed by atoms with E-state index in [1.54, 1.807) is 7.05 Å². The molecule has 1 rings (SSSR count). The maximum absolute atomic E-state index is 10.5. The fourth-order valence-electron chi connectivity index (χ4n) is 0.347. The number of aromatic nitrogens is 1. The molecule has 0 bridgehead atoms. The molecule has 2 nitrogen and oxygen atoms in total. The van der Waals surface area contributed by atoms with E-state index in [-0.39, 0.29) is 41.0 Å². The smallest absolute Gasteiger partial charge is 1.00 e. The quantitative estimate of drug-likeness (QED) is 0.342. The second-order valence-corrected chi connectivity index (χ2v) is 3.03. The van der Waals surface area contributed by atoms with E-state index >= 15 is 0 Å². The Labute approximate surface area is 89.9 Å². The molecule has 10 heavy (non-hydrogen) atoms. The Morgan fingerprint density at radius 3 is 2.30 bits per heavy atom. The summed E-state index contributed by atoms with van der Waals surface area (Å²) in [6.07, 6.45) is 0. The second-order valence-electron chi connectivity index (χ2n) is 1.29. The third kappa shape index (κ3) is 3.25. The molecule has 0 unspecified atom stereocenters. The van der Waals surface area contributed by atoms with Crippen molar-refractivity contribution in [3.63, 3.8) is 0 Å². The van der Waals surface area contributed by atoms with Gasteiger partial charge in [-0.2, -0.15) is 0 Å². The molecule has 0 radical (unpaired) electrons. The first-order valence-corrected chi connectivity index (χ1v) is 3.10. The standard InChI is InChI=1S/C4H3ClNOS.ClH.Mg/c1-6-4(7)2-3(5)8-6;;/h1H3;1H;/q-1;;+2/p-1. The van der Waals surface area contributed by atoms with E-state index in [1.165, 1.54) is 15.5 Å². The predicted octanol–water partition coefficient (Wildman–Crippen LogP) is -2.48. The normalized spacial score (nSPS) is 7.80. The third-order valence-corrected chi connectivity index (χ3v) is 1.71. The van der Waals surface area contributed by atoms with E-state index < -0.39 is 0 Å². The van der Waals surface area contributed by atoms with Gasteiger partial charge in [0.05, 0.1) is 5.56 Å². The summed E-state index contributed by atoms with van der Waals surface area (Å²) in [4.78, 5) is 10.5. The van der Waals surface area contributed by atoms with Crippen LogP contribution < -0.4 is 18.0 Å². The van der Waals surface area contributed by atoms with Crippen molar-refractivity contribution < 1.29 is 12.4 Å². The van der Waals surface area contributed by atoms with Crippen LogP contribution in [-0.4, -0.2) is 27.0 Å². The van der Waals surface area contributed by atoms with Crippen LogP contribution in [0.4, 0.5) is 0 Å². The summed E-state index contributed by atoms with van der Waals surface area (Å²) in [6.45, 7) is 0. The minimum Gasteiger partial charge on any atom is -1.00 e. The van der Waals surface area contributed by atoms with Crippen LogP contribution in [0.2, 0.25) is 4.34 Å². The summed E-state index contributed by atoms with van der Waals surface area (Å²) in [5.41, 5.74) is -0.167. The molecule has 6 heteroatoms. The van der Waals surface area contributed by atoms with Crippen molar-refractivity contribution in [1.29, 1.82) is 0 Å². The molecular formula is C4H3Cl2MgNOS. The summed E-state index contributed by atoms with van der Waals surface area (Å²) in [5, 5.41) is 0. The Bertz CT molecular complexity index is 246. The van der Waals surface area contributed by atoms with Crippen LogP contribution in [0.3, 0.4) is 0 Å². The number of hydrogen-bond donors (Lipinski definition) is 0. The van der Waals surface area contributed by atoms with Crippen molar-refractivity contribution in [3.05, 3.63) is 20.8 Å². The van der Waals surface area contributed by atoms with Crippen molar-refractivity contribution >= 4 is 46.2 Å². The van der Waals surface area contributed by atoms with Gasteiger partial charge in [-0.3, -0.25) is 3.96 Å². The molecule has 0 atom stereocenters. The van der Waals surface area contributed by atoms with Gasteiger partial charge in [-0.25, -0.2) is 0 Å². The Morgan fingerprint density at radius 2 is 2.20 bits per heavy atom. The van der Waals surface area contributed by atoms with E-state index in [1.807, 2.05) is 0 Å². The van der Waals surface area contributed by atoms with Crippen LogP contribution in [0, 0.1) is 6.07 Å². The molecule has 0 saturated carbocycles. The molecule has 52 valence electrons. The molecule has 1 aromatic rings.